The lowest BCUT2D eigenvalue weighted by Gasteiger charge is -2.30. The van der Waals surface area contributed by atoms with Crippen molar-refractivity contribution in [2.45, 2.75) is 74.5 Å². The Bertz CT molecular complexity index is 379. The van der Waals surface area contributed by atoms with E-state index in [1.54, 1.807) is 0 Å². The van der Waals surface area contributed by atoms with E-state index in [9.17, 15) is 9.00 Å². The van der Waals surface area contributed by atoms with Gasteiger partial charge in [-0.1, -0.05) is 19.8 Å². The Morgan fingerprint density at radius 3 is 2.67 bits per heavy atom. The number of urea groups is 1. The van der Waals surface area contributed by atoms with E-state index in [0.29, 0.717) is 11.3 Å². The summed E-state index contributed by atoms with van der Waals surface area (Å²) in [5, 5.41) is 7.07. The quantitative estimate of drug-likeness (QED) is 0.814. The van der Waals surface area contributed by atoms with E-state index in [1.165, 1.54) is 12.8 Å². The SMILES string of the molecule is CCS(=O)C1CCCC(NC(=O)NC2CCCC2SC)C1. The minimum absolute atomic E-state index is 0.0334. The number of carbonyl (C=O) groups is 1. The van der Waals surface area contributed by atoms with Crippen molar-refractivity contribution < 1.29 is 9.00 Å². The summed E-state index contributed by atoms with van der Waals surface area (Å²) in [5.74, 6) is 0.723. The zero-order chi connectivity index (χ0) is 15.2. The summed E-state index contributed by atoms with van der Waals surface area (Å²) in [5.41, 5.74) is 0. The molecule has 2 rings (SSSR count). The summed E-state index contributed by atoms with van der Waals surface area (Å²) >= 11 is 1.85. The number of rotatable bonds is 5. The zero-order valence-corrected chi connectivity index (χ0v) is 14.7. The Morgan fingerprint density at radius 1 is 1.19 bits per heavy atom. The molecule has 122 valence electrons. The molecule has 0 aromatic rings. The summed E-state index contributed by atoms with van der Waals surface area (Å²) in [7, 11) is -0.735. The number of amides is 2. The molecule has 2 aliphatic carbocycles. The minimum atomic E-state index is -0.735. The van der Waals surface area contributed by atoms with Crippen molar-refractivity contribution in [2.24, 2.45) is 0 Å². The summed E-state index contributed by atoms with van der Waals surface area (Å²) in [6.07, 6.45) is 9.60. The number of nitrogens with one attached hydrogen (secondary N) is 2. The monoisotopic (exact) mass is 332 g/mol. The van der Waals surface area contributed by atoms with Crippen LogP contribution in [-0.2, 0) is 10.8 Å². The number of hydrogen-bond acceptors (Lipinski definition) is 3. The highest BCUT2D eigenvalue weighted by atomic mass is 32.2. The van der Waals surface area contributed by atoms with E-state index in [-0.39, 0.29) is 17.3 Å². The van der Waals surface area contributed by atoms with Crippen molar-refractivity contribution in [1.29, 1.82) is 0 Å². The molecule has 0 spiro atoms. The van der Waals surface area contributed by atoms with Gasteiger partial charge in [0.1, 0.15) is 0 Å². The average Bonchev–Trinajstić information content (AvgIpc) is 2.93. The van der Waals surface area contributed by atoms with E-state index in [1.807, 2.05) is 18.7 Å². The first-order valence-electron chi connectivity index (χ1n) is 8.11. The Morgan fingerprint density at radius 2 is 1.95 bits per heavy atom. The number of carbonyl (C=O) groups excluding carboxylic acids is 1. The number of thioether (sulfide) groups is 1. The molecule has 5 unspecified atom stereocenters. The van der Waals surface area contributed by atoms with E-state index < -0.39 is 10.8 Å². The predicted octanol–water partition coefficient (Wildman–Crippen LogP) is 2.65. The fourth-order valence-electron chi connectivity index (χ4n) is 3.52. The third-order valence-corrected chi connectivity index (χ3v) is 7.60. The lowest BCUT2D eigenvalue weighted by atomic mass is 9.95. The highest BCUT2D eigenvalue weighted by Gasteiger charge is 2.30. The van der Waals surface area contributed by atoms with Crippen LogP contribution in [0.15, 0.2) is 0 Å². The molecule has 2 aliphatic rings. The smallest absolute Gasteiger partial charge is 0.315 e. The van der Waals surface area contributed by atoms with Crippen LogP contribution in [0.2, 0.25) is 0 Å². The van der Waals surface area contributed by atoms with Gasteiger partial charge in [-0.25, -0.2) is 4.79 Å². The molecule has 2 fully saturated rings. The van der Waals surface area contributed by atoms with Gasteiger partial charge < -0.3 is 10.6 Å². The molecule has 5 atom stereocenters. The fourth-order valence-corrected chi connectivity index (χ4v) is 5.80. The largest absolute Gasteiger partial charge is 0.335 e. The topological polar surface area (TPSA) is 58.2 Å². The minimum Gasteiger partial charge on any atom is -0.335 e. The molecular formula is C15H28N2O2S2. The number of hydrogen-bond donors (Lipinski definition) is 2. The molecule has 0 bridgehead atoms. The molecule has 2 N–H and O–H groups in total. The van der Waals surface area contributed by atoms with Gasteiger partial charge in [-0.3, -0.25) is 4.21 Å². The molecule has 21 heavy (non-hydrogen) atoms. The maximum atomic E-state index is 12.2. The van der Waals surface area contributed by atoms with Crippen LogP contribution in [-0.4, -0.2) is 44.8 Å². The molecule has 2 saturated carbocycles. The van der Waals surface area contributed by atoms with E-state index in [2.05, 4.69) is 16.9 Å². The van der Waals surface area contributed by atoms with Crippen LogP contribution in [0.4, 0.5) is 4.79 Å². The molecule has 0 radical (unpaired) electrons. The van der Waals surface area contributed by atoms with Gasteiger partial charge in [-0.2, -0.15) is 11.8 Å². The lowest BCUT2D eigenvalue weighted by molar-refractivity contribution is 0.229. The Balaban J connectivity index is 1.78. The maximum Gasteiger partial charge on any atom is 0.315 e. The Labute approximate surface area is 135 Å². The third-order valence-electron chi connectivity index (χ3n) is 4.69. The van der Waals surface area contributed by atoms with Gasteiger partial charge in [-0.05, 0) is 38.4 Å². The predicted molar refractivity (Wildman–Crippen MR) is 91.3 cm³/mol. The van der Waals surface area contributed by atoms with E-state index in [4.69, 9.17) is 0 Å². The van der Waals surface area contributed by atoms with Crippen LogP contribution >= 0.6 is 11.8 Å². The van der Waals surface area contributed by atoms with Crippen molar-refractivity contribution in [3.05, 3.63) is 0 Å². The molecule has 4 nitrogen and oxygen atoms in total. The molecule has 0 aliphatic heterocycles. The van der Waals surface area contributed by atoms with E-state index in [0.717, 1.165) is 37.9 Å². The molecular weight excluding hydrogens is 304 g/mol. The maximum absolute atomic E-state index is 12.2. The van der Waals surface area contributed by atoms with Crippen LogP contribution in [0.3, 0.4) is 0 Å². The van der Waals surface area contributed by atoms with Gasteiger partial charge in [0.25, 0.3) is 0 Å². The molecule has 0 aromatic heterocycles. The molecule has 0 heterocycles. The standard InChI is InChI=1S/C15H28N2O2S2/c1-3-21(19)12-7-4-6-11(10-12)16-15(18)17-13-8-5-9-14(13)20-2/h11-14H,3-10H2,1-2H3,(H2,16,17,18). The van der Waals surface area contributed by atoms with Crippen molar-refractivity contribution in [3.8, 4) is 0 Å². The fraction of sp³-hybridized carbons (Fsp3) is 0.933. The van der Waals surface area contributed by atoms with Gasteiger partial charge >= 0.3 is 6.03 Å². The van der Waals surface area contributed by atoms with Crippen molar-refractivity contribution in [2.75, 3.05) is 12.0 Å². The molecule has 6 heteroatoms. The van der Waals surface area contributed by atoms with Gasteiger partial charge in [0.15, 0.2) is 0 Å². The first-order chi connectivity index (χ1) is 10.1. The van der Waals surface area contributed by atoms with Gasteiger partial charge in [-0.15, -0.1) is 0 Å². The second-order valence-corrected chi connectivity index (χ2v) is 9.17. The van der Waals surface area contributed by atoms with Gasteiger partial charge in [0.2, 0.25) is 0 Å². The highest BCUT2D eigenvalue weighted by molar-refractivity contribution is 7.99. The Kier molecular flexibility index (Phi) is 6.86. The van der Waals surface area contributed by atoms with Gasteiger partial charge in [0.05, 0.1) is 0 Å². The molecule has 0 aromatic carbocycles. The molecule has 2 amide bonds. The third kappa shape index (κ3) is 4.88. The summed E-state index contributed by atoms with van der Waals surface area (Å²) in [6.45, 7) is 1.97. The van der Waals surface area contributed by atoms with Gasteiger partial charge in [0, 0.05) is 39.1 Å². The highest BCUT2D eigenvalue weighted by Crippen LogP contribution is 2.28. The summed E-state index contributed by atoms with van der Waals surface area (Å²) in [6, 6.07) is 0.464. The van der Waals surface area contributed by atoms with Crippen LogP contribution in [0, 0.1) is 0 Å². The average molecular weight is 333 g/mol. The Hall–Kier alpha value is -0.230. The van der Waals surface area contributed by atoms with E-state index >= 15 is 0 Å². The summed E-state index contributed by atoms with van der Waals surface area (Å²) < 4.78 is 11.9. The van der Waals surface area contributed by atoms with Crippen LogP contribution in [0.1, 0.15) is 51.9 Å². The second-order valence-electron chi connectivity index (χ2n) is 6.08. The van der Waals surface area contributed by atoms with Crippen LogP contribution < -0.4 is 10.6 Å². The first-order valence-corrected chi connectivity index (χ1v) is 10.8. The van der Waals surface area contributed by atoms with Crippen LogP contribution in [0.25, 0.3) is 0 Å². The zero-order valence-electron chi connectivity index (χ0n) is 13.1. The second kappa shape index (κ2) is 8.42. The van der Waals surface area contributed by atoms with Crippen LogP contribution in [0.5, 0.6) is 0 Å². The van der Waals surface area contributed by atoms with Crippen molar-refractivity contribution >= 4 is 28.6 Å². The first kappa shape index (κ1) is 17.1. The molecule has 0 saturated heterocycles. The summed E-state index contributed by atoms with van der Waals surface area (Å²) in [4.78, 5) is 12.2. The normalized spacial score (nSPS) is 34.4. The van der Waals surface area contributed by atoms with Crippen molar-refractivity contribution in [3.63, 3.8) is 0 Å². The lowest BCUT2D eigenvalue weighted by Crippen LogP contribution is -2.49. The van der Waals surface area contributed by atoms with Crippen molar-refractivity contribution in [1.82, 2.24) is 10.6 Å².